The minimum atomic E-state index is 0.0751. The maximum absolute atomic E-state index is 6.08. The van der Waals surface area contributed by atoms with Crippen molar-refractivity contribution in [2.24, 2.45) is 0 Å². The third kappa shape index (κ3) is 2.85. The molecule has 21 heavy (non-hydrogen) atoms. The van der Waals surface area contributed by atoms with Crippen molar-refractivity contribution in [3.8, 4) is 11.5 Å². The predicted molar refractivity (Wildman–Crippen MR) is 81.8 cm³/mol. The van der Waals surface area contributed by atoms with Crippen LogP contribution in [-0.2, 0) is 6.42 Å². The Kier molecular flexibility index (Phi) is 4.06. The number of likely N-dealkylation sites (N-methyl/N-ethyl adjacent to an activating group) is 1. The molecule has 0 radical (unpaired) electrons. The van der Waals surface area contributed by atoms with E-state index in [9.17, 15) is 0 Å². The topological polar surface area (TPSA) is 43.4 Å². The van der Waals surface area contributed by atoms with Crippen molar-refractivity contribution in [3.63, 3.8) is 0 Å². The fourth-order valence-corrected chi connectivity index (χ4v) is 2.81. The van der Waals surface area contributed by atoms with Crippen LogP contribution in [0.2, 0.25) is 0 Å². The number of hydrogen-bond donors (Lipinski definition) is 1. The van der Waals surface area contributed by atoms with Crippen molar-refractivity contribution < 1.29 is 9.47 Å². The second-order valence-corrected chi connectivity index (χ2v) is 5.12. The number of nitrogens with one attached hydrogen (secondary N) is 1. The number of pyridine rings is 1. The van der Waals surface area contributed by atoms with E-state index in [2.05, 4.69) is 22.4 Å². The molecular formula is C17H20N2O2. The number of fused-ring (bicyclic) bond motifs is 1. The molecule has 0 spiro atoms. The van der Waals surface area contributed by atoms with Crippen LogP contribution in [0.3, 0.4) is 0 Å². The summed E-state index contributed by atoms with van der Waals surface area (Å²) in [5.41, 5.74) is 2.35. The van der Waals surface area contributed by atoms with Gasteiger partial charge in [-0.3, -0.25) is 4.98 Å². The largest absolute Gasteiger partial charge is 0.492 e. The van der Waals surface area contributed by atoms with Crippen LogP contribution in [0, 0.1) is 0 Å². The highest BCUT2D eigenvalue weighted by Crippen LogP contribution is 2.34. The minimum Gasteiger partial charge on any atom is -0.492 e. The first-order valence-corrected chi connectivity index (χ1v) is 7.31. The number of para-hydroxylation sites is 1. The van der Waals surface area contributed by atoms with Gasteiger partial charge >= 0.3 is 0 Å². The number of aromatic nitrogens is 1. The number of nitrogens with zero attached hydrogens (tertiary/aromatic N) is 1. The van der Waals surface area contributed by atoms with Gasteiger partial charge in [0, 0.05) is 12.6 Å². The summed E-state index contributed by atoms with van der Waals surface area (Å²) in [5, 5.41) is 3.34. The molecule has 1 aliphatic heterocycles. The molecule has 4 nitrogen and oxygen atoms in total. The first kappa shape index (κ1) is 13.9. The molecule has 2 aromatic rings. The molecule has 3 rings (SSSR count). The molecule has 4 heteroatoms. The molecule has 0 saturated heterocycles. The zero-order chi connectivity index (χ0) is 14.7. The lowest BCUT2D eigenvalue weighted by Crippen LogP contribution is -2.32. The van der Waals surface area contributed by atoms with E-state index in [-0.39, 0.29) is 12.1 Å². The molecular weight excluding hydrogens is 264 g/mol. The number of rotatable bonds is 5. The molecule has 0 saturated carbocycles. The van der Waals surface area contributed by atoms with Gasteiger partial charge in [-0.1, -0.05) is 18.2 Å². The van der Waals surface area contributed by atoms with Gasteiger partial charge < -0.3 is 14.8 Å². The van der Waals surface area contributed by atoms with Gasteiger partial charge in [0.25, 0.3) is 0 Å². The average molecular weight is 284 g/mol. The molecule has 0 fully saturated rings. The van der Waals surface area contributed by atoms with E-state index in [0.29, 0.717) is 6.61 Å². The lowest BCUT2D eigenvalue weighted by atomic mass is 9.99. The summed E-state index contributed by atoms with van der Waals surface area (Å²) in [4.78, 5) is 4.27. The van der Waals surface area contributed by atoms with Crippen molar-refractivity contribution in [2.45, 2.75) is 25.5 Å². The van der Waals surface area contributed by atoms with E-state index < -0.39 is 0 Å². The second-order valence-electron chi connectivity index (χ2n) is 5.12. The normalized spacial score (nSPS) is 17.9. The molecule has 1 aliphatic rings. The molecule has 1 N–H and O–H groups in total. The fourth-order valence-electron chi connectivity index (χ4n) is 2.81. The summed E-state index contributed by atoms with van der Waals surface area (Å²) in [5.74, 6) is 1.78. The maximum Gasteiger partial charge on any atom is 0.137 e. The van der Waals surface area contributed by atoms with Crippen molar-refractivity contribution in [3.05, 3.63) is 53.9 Å². The number of benzene rings is 1. The van der Waals surface area contributed by atoms with Crippen LogP contribution >= 0.6 is 0 Å². The third-order valence-electron chi connectivity index (χ3n) is 3.76. The van der Waals surface area contributed by atoms with Gasteiger partial charge in [-0.25, -0.2) is 0 Å². The minimum absolute atomic E-state index is 0.0751. The van der Waals surface area contributed by atoms with Crippen LogP contribution in [0.15, 0.2) is 42.7 Å². The molecule has 0 bridgehead atoms. The quantitative estimate of drug-likeness (QED) is 0.917. The molecule has 1 aromatic heterocycles. The Bertz CT molecular complexity index is 590. The highest BCUT2D eigenvalue weighted by atomic mass is 16.5. The van der Waals surface area contributed by atoms with Gasteiger partial charge in [-0.2, -0.15) is 0 Å². The summed E-state index contributed by atoms with van der Waals surface area (Å²) in [6.45, 7) is 2.61. The lowest BCUT2D eigenvalue weighted by Gasteiger charge is -2.23. The van der Waals surface area contributed by atoms with Crippen molar-refractivity contribution in [1.82, 2.24) is 10.3 Å². The first-order chi connectivity index (χ1) is 10.3. The summed E-state index contributed by atoms with van der Waals surface area (Å²) in [7, 11) is 1.95. The van der Waals surface area contributed by atoms with Crippen molar-refractivity contribution in [1.29, 1.82) is 0 Å². The molecule has 0 aliphatic carbocycles. The van der Waals surface area contributed by atoms with Crippen LogP contribution in [0.25, 0.3) is 0 Å². The Morgan fingerprint density at radius 1 is 1.38 bits per heavy atom. The predicted octanol–water partition coefficient (Wildman–Crippen LogP) is 2.74. The highest BCUT2D eigenvalue weighted by Gasteiger charge is 2.30. The van der Waals surface area contributed by atoms with Crippen LogP contribution in [-0.4, -0.2) is 24.7 Å². The Balaban J connectivity index is 1.82. The van der Waals surface area contributed by atoms with E-state index in [1.807, 2.05) is 38.4 Å². The first-order valence-electron chi connectivity index (χ1n) is 7.31. The number of hydrogen-bond acceptors (Lipinski definition) is 4. The second kappa shape index (κ2) is 6.14. The summed E-state index contributed by atoms with van der Waals surface area (Å²) < 4.78 is 11.6. The average Bonchev–Trinajstić information content (AvgIpc) is 2.92. The zero-order valence-electron chi connectivity index (χ0n) is 12.4. The Labute approximate surface area is 125 Å². The van der Waals surface area contributed by atoms with E-state index >= 15 is 0 Å². The summed E-state index contributed by atoms with van der Waals surface area (Å²) in [6, 6.07) is 10.3. The smallest absolute Gasteiger partial charge is 0.137 e. The van der Waals surface area contributed by atoms with Crippen molar-refractivity contribution >= 4 is 0 Å². The van der Waals surface area contributed by atoms with Crippen LogP contribution in [0.5, 0.6) is 11.5 Å². The van der Waals surface area contributed by atoms with Crippen LogP contribution < -0.4 is 14.8 Å². The lowest BCUT2D eigenvalue weighted by molar-refractivity contribution is 0.183. The fraction of sp³-hybridized carbons (Fsp3) is 0.353. The molecule has 2 unspecified atom stereocenters. The SMILES string of the molecule is CCOc1cncc(C(NC)C2Cc3ccccc3O2)c1. The van der Waals surface area contributed by atoms with Gasteiger partial charge in [-0.05, 0) is 37.2 Å². The van der Waals surface area contributed by atoms with E-state index in [4.69, 9.17) is 9.47 Å². The van der Waals surface area contributed by atoms with Gasteiger partial charge in [0.2, 0.25) is 0 Å². The van der Waals surface area contributed by atoms with Gasteiger partial charge in [0.15, 0.2) is 0 Å². The van der Waals surface area contributed by atoms with Gasteiger partial charge in [0.1, 0.15) is 17.6 Å². The zero-order valence-corrected chi connectivity index (χ0v) is 12.4. The molecule has 110 valence electrons. The van der Waals surface area contributed by atoms with E-state index in [1.54, 1.807) is 6.20 Å². The molecule has 2 heterocycles. The van der Waals surface area contributed by atoms with E-state index in [1.165, 1.54) is 5.56 Å². The Morgan fingerprint density at radius 3 is 3.00 bits per heavy atom. The summed E-state index contributed by atoms with van der Waals surface area (Å²) in [6.07, 6.45) is 4.59. The Morgan fingerprint density at radius 2 is 2.24 bits per heavy atom. The van der Waals surface area contributed by atoms with Crippen LogP contribution in [0.1, 0.15) is 24.1 Å². The molecule has 1 aromatic carbocycles. The number of ether oxygens (including phenoxy) is 2. The molecule has 0 amide bonds. The third-order valence-corrected chi connectivity index (χ3v) is 3.76. The summed E-state index contributed by atoms with van der Waals surface area (Å²) >= 11 is 0. The standard InChI is InChI=1S/C17H20N2O2/c1-3-20-14-8-13(10-19-11-14)17(18-2)16-9-12-6-4-5-7-15(12)21-16/h4-8,10-11,16-18H,3,9H2,1-2H3. The van der Waals surface area contributed by atoms with Gasteiger partial charge in [-0.15, -0.1) is 0 Å². The Hall–Kier alpha value is -2.07. The van der Waals surface area contributed by atoms with Gasteiger partial charge in [0.05, 0.1) is 18.8 Å². The maximum atomic E-state index is 6.08. The molecule has 2 atom stereocenters. The van der Waals surface area contributed by atoms with Crippen LogP contribution in [0.4, 0.5) is 0 Å². The monoisotopic (exact) mass is 284 g/mol. The van der Waals surface area contributed by atoms with Crippen molar-refractivity contribution in [2.75, 3.05) is 13.7 Å². The highest BCUT2D eigenvalue weighted by molar-refractivity contribution is 5.39. The van der Waals surface area contributed by atoms with E-state index in [0.717, 1.165) is 23.5 Å².